The Balaban J connectivity index is 2.66. The van der Waals surface area contributed by atoms with Crippen LogP contribution in [0.2, 0.25) is 0 Å². The number of carbonyl (C=O) groups excluding carboxylic acids is 3. The quantitative estimate of drug-likeness (QED) is 0.163. The number of nitrogens with zero attached hydrogens (tertiary/aromatic N) is 1. The molecular weight excluding hydrogens is 412 g/mol. The van der Waals surface area contributed by atoms with Gasteiger partial charge in [-0.15, -0.1) is 0 Å². The van der Waals surface area contributed by atoms with E-state index in [1.54, 1.807) is 6.20 Å². The number of hydrogen-bond acceptors (Lipinski definition) is 7. The third kappa shape index (κ3) is 11.8. The number of imidazole rings is 1. The third-order valence-electron chi connectivity index (χ3n) is 5.10. The fraction of sp³-hybridized carbons (Fsp3) is 0.727. The van der Waals surface area contributed by atoms with E-state index in [1.165, 1.54) is 25.6 Å². The molecule has 1 heterocycles. The van der Waals surface area contributed by atoms with Crippen molar-refractivity contribution in [3.8, 4) is 0 Å². The topological polar surface area (TPSA) is 165 Å². The van der Waals surface area contributed by atoms with Gasteiger partial charge in [0.2, 0.25) is 11.8 Å². The fourth-order valence-corrected chi connectivity index (χ4v) is 3.24. The summed E-state index contributed by atoms with van der Waals surface area (Å²) in [5.74, 6) is -1.41. The smallest absolute Gasteiger partial charge is 0.328 e. The second kappa shape index (κ2) is 17.1. The Labute approximate surface area is 190 Å². The molecule has 0 aliphatic rings. The summed E-state index contributed by atoms with van der Waals surface area (Å²) in [7, 11) is 0. The Morgan fingerprint density at radius 1 is 1.03 bits per heavy atom. The van der Waals surface area contributed by atoms with Gasteiger partial charge in [0.15, 0.2) is 0 Å². The van der Waals surface area contributed by atoms with E-state index in [1.807, 2.05) is 0 Å². The maximum Gasteiger partial charge on any atom is 0.328 e. The molecule has 0 unspecified atom stereocenters. The predicted octanol–water partition coefficient (Wildman–Crippen LogP) is 0.913. The zero-order chi connectivity index (χ0) is 23.6. The first-order chi connectivity index (χ1) is 15.5. The lowest BCUT2D eigenvalue weighted by atomic mass is 10.1. The first kappa shape index (κ1) is 27.6. The maximum absolute atomic E-state index is 12.9. The summed E-state index contributed by atoms with van der Waals surface area (Å²) >= 11 is 0. The van der Waals surface area contributed by atoms with Crippen LogP contribution in [0, 0.1) is 0 Å². The van der Waals surface area contributed by atoms with E-state index in [0.717, 1.165) is 25.7 Å². The second-order valence-corrected chi connectivity index (χ2v) is 7.87. The molecule has 2 atom stereocenters. The molecule has 10 heteroatoms. The van der Waals surface area contributed by atoms with Gasteiger partial charge in [-0.05, 0) is 32.2 Å². The number of aromatic amines is 1. The summed E-state index contributed by atoms with van der Waals surface area (Å²) < 4.78 is 5.42. The molecule has 1 rings (SSSR count). The van der Waals surface area contributed by atoms with Crippen molar-refractivity contribution in [3.63, 3.8) is 0 Å². The van der Waals surface area contributed by atoms with Gasteiger partial charge in [0, 0.05) is 12.6 Å². The van der Waals surface area contributed by atoms with E-state index in [9.17, 15) is 14.4 Å². The molecule has 0 aromatic carbocycles. The largest absolute Gasteiger partial charge is 0.464 e. The van der Waals surface area contributed by atoms with Crippen LogP contribution < -0.4 is 22.1 Å². The lowest BCUT2D eigenvalue weighted by molar-refractivity contribution is -0.148. The number of esters is 1. The first-order valence-electron chi connectivity index (χ1n) is 11.7. The molecule has 1 aromatic heterocycles. The van der Waals surface area contributed by atoms with Crippen molar-refractivity contribution in [1.82, 2.24) is 20.6 Å². The van der Waals surface area contributed by atoms with Crippen LogP contribution in [0.4, 0.5) is 0 Å². The minimum absolute atomic E-state index is 0.170. The molecule has 7 N–H and O–H groups in total. The number of unbranched alkanes of at least 4 members (excludes halogenated alkanes) is 6. The highest BCUT2D eigenvalue weighted by Crippen LogP contribution is 2.08. The van der Waals surface area contributed by atoms with Crippen molar-refractivity contribution in [2.24, 2.45) is 11.5 Å². The van der Waals surface area contributed by atoms with Crippen LogP contribution in [0.1, 0.15) is 70.4 Å². The molecule has 0 spiro atoms. The third-order valence-corrected chi connectivity index (χ3v) is 5.10. The van der Waals surface area contributed by atoms with E-state index in [2.05, 4.69) is 27.5 Å². The number of nitrogens with two attached hydrogens (primary N) is 2. The van der Waals surface area contributed by atoms with Crippen LogP contribution in [0.25, 0.3) is 0 Å². The van der Waals surface area contributed by atoms with Crippen LogP contribution >= 0.6 is 0 Å². The molecule has 0 radical (unpaired) electrons. The van der Waals surface area contributed by atoms with Gasteiger partial charge in [-0.3, -0.25) is 9.59 Å². The Bertz CT molecular complexity index is 653. The monoisotopic (exact) mass is 452 g/mol. The number of ether oxygens (including phenoxy) is 1. The van der Waals surface area contributed by atoms with Crippen LogP contribution in [0.3, 0.4) is 0 Å². The molecule has 10 nitrogen and oxygen atoms in total. The molecule has 0 saturated carbocycles. The molecule has 0 aliphatic heterocycles. The van der Waals surface area contributed by atoms with Gasteiger partial charge >= 0.3 is 5.97 Å². The maximum atomic E-state index is 12.9. The van der Waals surface area contributed by atoms with E-state index < -0.39 is 29.9 Å². The highest BCUT2D eigenvalue weighted by molar-refractivity contribution is 5.91. The highest BCUT2D eigenvalue weighted by Gasteiger charge is 2.28. The van der Waals surface area contributed by atoms with Crippen molar-refractivity contribution in [2.45, 2.75) is 83.2 Å². The van der Waals surface area contributed by atoms with Gasteiger partial charge in [0.05, 0.1) is 25.2 Å². The number of aromatic nitrogens is 2. The number of nitrogens with one attached hydrogen (secondary N) is 3. The van der Waals surface area contributed by atoms with Crippen LogP contribution in [-0.2, 0) is 25.5 Å². The van der Waals surface area contributed by atoms with Crippen LogP contribution in [0.15, 0.2) is 12.5 Å². The van der Waals surface area contributed by atoms with Crippen molar-refractivity contribution >= 4 is 17.8 Å². The Hall–Kier alpha value is -2.46. The average molecular weight is 453 g/mol. The van der Waals surface area contributed by atoms with Gasteiger partial charge in [-0.1, -0.05) is 39.0 Å². The van der Waals surface area contributed by atoms with Crippen molar-refractivity contribution in [1.29, 1.82) is 0 Å². The summed E-state index contributed by atoms with van der Waals surface area (Å²) in [6.07, 6.45) is 11.6. The van der Waals surface area contributed by atoms with E-state index in [-0.39, 0.29) is 13.0 Å². The van der Waals surface area contributed by atoms with E-state index in [4.69, 9.17) is 16.2 Å². The second-order valence-electron chi connectivity index (χ2n) is 7.87. The Morgan fingerprint density at radius 3 is 2.44 bits per heavy atom. The first-order valence-corrected chi connectivity index (χ1v) is 11.7. The van der Waals surface area contributed by atoms with E-state index >= 15 is 0 Å². The van der Waals surface area contributed by atoms with Crippen molar-refractivity contribution < 1.29 is 19.1 Å². The predicted molar refractivity (Wildman–Crippen MR) is 122 cm³/mol. The van der Waals surface area contributed by atoms with Gasteiger partial charge < -0.3 is 31.8 Å². The lowest BCUT2D eigenvalue weighted by Gasteiger charge is -2.22. The number of hydrogen-bond donors (Lipinski definition) is 5. The summed E-state index contributed by atoms with van der Waals surface area (Å²) in [6, 6.07) is -1.71. The fourth-order valence-electron chi connectivity index (χ4n) is 3.24. The molecular formula is C22H40N6O4. The number of carbonyl (C=O) groups is 3. The highest BCUT2D eigenvalue weighted by atomic mass is 16.5. The Morgan fingerprint density at radius 2 is 1.78 bits per heavy atom. The lowest BCUT2D eigenvalue weighted by Crippen LogP contribution is -2.53. The van der Waals surface area contributed by atoms with Gasteiger partial charge in [0.1, 0.15) is 12.1 Å². The minimum Gasteiger partial charge on any atom is -0.464 e. The molecule has 32 heavy (non-hydrogen) atoms. The summed E-state index contributed by atoms with van der Waals surface area (Å²) in [6.45, 7) is 2.75. The van der Waals surface area contributed by atoms with Crippen molar-refractivity contribution in [3.05, 3.63) is 18.2 Å². The minimum atomic E-state index is -0.905. The average Bonchev–Trinajstić information content (AvgIpc) is 3.30. The molecule has 0 aliphatic carbocycles. The molecule has 0 bridgehead atoms. The van der Waals surface area contributed by atoms with Gasteiger partial charge in [-0.2, -0.15) is 0 Å². The summed E-state index contributed by atoms with van der Waals surface area (Å²) in [4.78, 5) is 44.3. The number of H-pyrrole nitrogens is 1. The van der Waals surface area contributed by atoms with E-state index in [0.29, 0.717) is 31.7 Å². The summed E-state index contributed by atoms with van der Waals surface area (Å²) in [5.41, 5.74) is 11.5. The molecule has 1 aromatic rings. The summed E-state index contributed by atoms with van der Waals surface area (Å²) in [5, 5.41) is 5.33. The zero-order valence-electron chi connectivity index (χ0n) is 19.2. The van der Waals surface area contributed by atoms with Crippen LogP contribution in [-0.4, -0.2) is 59.5 Å². The van der Waals surface area contributed by atoms with Crippen molar-refractivity contribution in [2.75, 3.05) is 19.7 Å². The number of amides is 2. The standard InChI is InChI=1S/C22H40N6O4/c1-2-3-4-5-6-9-12-32-22(31)18(10-7-8-11-23)28-21(30)19(27-20(29)14-24)13-17-15-25-16-26-17/h15-16,18-19H,2-14,23-24H2,1H3,(H,25,26)(H,27,29)(H,28,30)/t18-,19-/m0/s1. The SMILES string of the molecule is CCCCCCCCOC(=O)[C@H](CCCCN)NC(=O)[C@H](Cc1c[nH]cn1)NC(=O)CN. The van der Waals surface area contributed by atoms with Crippen LogP contribution in [0.5, 0.6) is 0 Å². The number of rotatable bonds is 18. The molecule has 0 fully saturated rings. The molecule has 0 saturated heterocycles. The van der Waals surface area contributed by atoms with Gasteiger partial charge in [0.25, 0.3) is 0 Å². The normalized spacial score (nSPS) is 12.7. The Kier molecular flexibility index (Phi) is 14.8. The zero-order valence-corrected chi connectivity index (χ0v) is 19.2. The molecule has 2 amide bonds. The van der Waals surface area contributed by atoms with Gasteiger partial charge in [-0.25, -0.2) is 9.78 Å². The molecule has 182 valence electrons.